The van der Waals surface area contributed by atoms with E-state index in [1.165, 1.54) is 37.1 Å². The molecule has 184 valence electrons. The second-order valence-electron chi connectivity index (χ2n) is 8.64. The molecule has 2 aliphatic heterocycles. The Morgan fingerprint density at radius 1 is 1.06 bits per heavy atom. The van der Waals surface area contributed by atoms with Crippen LogP contribution in [0, 0.1) is 0 Å². The van der Waals surface area contributed by atoms with Gasteiger partial charge in [0.25, 0.3) is 0 Å². The molecule has 7 nitrogen and oxygen atoms in total. The van der Waals surface area contributed by atoms with Gasteiger partial charge in [0.05, 0.1) is 13.1 Å². The van der Waals surface area contributed by atoms with E-state index in [2.05, 4.69) is 52.0 Å². The number of ether oxygens (including phenoxy) is 1. The summed E-state index contributed by atoms with van der Waals surface area (Å²) >= 11 is 0. The van der Waals surface area contributed by atoms with Crippen LogP contribution >= 0.6 is 24.0 Å². The molecule has 8 heteroatoms. The van der Waals surface area contributed by atoms with Crippen LogP contribution < -0.4 is 20.7 Å². The summed E-state index contributed by atoms with van der Waals surface area (Å²) in [6.07, 6.45) is 3.94. The van der Waals surface area contributed by atoms with Crippen LogP contribution in [0.15, 0.2) is 47.5 Å². The number of rotatable bonds is 9. The van der Waals surface area contributed by atoms with Crippen molar-refractivity contribution in [2.45, 2.75) is 45.7 Å². The zero-order valence-electron chi connectivity index (χ0n) is 19.9. The summed E-state index contributed by atoms with van der Waals surface area (Å²) in [4.78, 5) is 18.7. The summed E-state index contributed by atoms with van der Waals surface area (Å²) in [5, 5.41) is 9.53. The molecule has 0 unspecified atom stereocenters. The molecule has 0 aliphatic carbocycles. The van der Waals surface area contributed by atoms with Crippen LogP contribution in [-0.4, -0.2) is 49.6 Å². The summed E-state index contributed by atoms with van der Waals surface area (Å²) in [6.45, 7) is 8.17. The molecule has 34 heavy (non-hydrogen) atoms. The van der Waals surface area contributed by atoms with Gasteiger partial charge in [0.15, 0.2) is 5.96 Å². The van der Waals surface area contributed by atoms with Crippen molar-refractivity contribution in [2.24, 2.45) is 4.99 Å². The predicted octanol–water partition coefficient (Wildman–Crippen LogP) is 3.92. The lowest BCUT2D eigenvalue weighted by atomic mass is 10.0. The van der Waals surface area contributed by atoms with E-state index < -0.39 is 0 Å². The van der Waals surface area contributed by atoms with Gasteiger partial charge in [-0.3, -0.25) is 9.69 Å². The standard InChI is InChI=1S/C26H35N5O2.HI/c1-2-27-26(29-18-20-5-7-21(8-6-20)19-31-14-3-4-15-31)28-13-16-33-23-10-11-24-22(17-23)9-12-25(32)30-24;/h5-8,10-11,17H,2-4,9,12-16,18-19H2,1H3,(H,30,32)(H2,27,28,29);1H. The summed E-state index contributed by atoms with van der Waals surface area (Å²) in [7, 11) is 0. The third-order valence-corrected chi connectivity index (χ3v) is 6.03. The first-order valence-electron chi connectivity index (χ1n) is 12.1. The second-order valence-corrected chi connectivity index (χ2v) is 8.64. The van der Waals surface area contributed by atoms with Crippen molar-refractivity contribution in [3.63, 3.8) is 0 Å². The van der Waals surface area contributed by atoms with E-state index in [1.807, 2.05) is 18.2 Å². The molecular weight excluding hydrogens is 541 g/mol. The van der Waals surface area contributed by atoms with Crippen molar-refractivity contribution < 1.29 is 9.53 Å². The van der Waals surface area contributed by atoms with E-state index >= 15 is 0 Å². The van der Waals surface area contributed by atoms with E-state index in [4.69, 9.17) is 9.73 Å². The van der Waals surface area contributed by atoms with Crippen LogP contribution in [0.1, 0.15) is 42.9 Å². The number of benzene rings is 2. The predicted molar refractivity (Wildman–Crippen MR) is 148 cm³/mol. The SMILES string of the molecule is CCNC(=NCc1ccc(CN2CCCC2)cc1)NCCOc1ccc2c(c1)CCC(=O)N2.I. The Labute approximate surface area is 219 Å². The molecule has 2 aromatic carbocycles. The largest absolute Gasteiger partial charge is 0.492 e. The number of nitrogens with one attached hydrogen (secondary N) is 3. The number of hydrogen-bond acceptors (Lipinski definition) is 4. The Kier molecular flexibility index (Phi) is 10.5. The monoisotopic (exact) mass is 577 g/mol. The Balaban J connectivity index is 0.00000324. The number of hydrogen-bond donors (Lipinski definition) is 3. The first-order chi connectivity index (χ1) is 16.2. The Morgan fingerprint density at radius 2 is 1.82 bits per heavy atom. The number of carbonyl (C=O) groups is 1. The summed E-state index contributed by atoms with van der Waals surface area (Å²) in [6, 6.07) is 14.6. The number of likely N-dealkylation sites (tertiary alicyclic amines) is 1. The summed E-state index contributed by atoms with van der Waals surface area (Å²) in [5.41, 5.74) is 4.59. The normalized spacial score (nSPS) is 15.8. The highest BCUT2D eigenvalue weighted by molar-refractivity contribution is 14.0. The summed E-state index contributed by atoms with van der Waals surface area (Å²) < 4.78 is 5.90. The van der Waals surface area contributed by atoms with Crippen molar-refractivity contribution >= 4 is 41.5 Å². The van der Waals surface area contributed by atoms with E-state index in [9.17, 15) is 4.79 Å². The Bertz CT molecular complexity index is 958. The van der Waals surface area contributed by atoms with Crippen LogP contribution in [0.2, 0.25) is 0 Å². The van der Waals surface area contributed by atoms with Gasteiger partial charge in [-0.05, 0) is 74.2 Å². The molecule has 2 aliphatic rings. The molecular formula is C26H36IN5O2. The molecule has 2 heterocycles. The Morgan fingerprint density at radius 3 is 2.59 bits per heavy atom. The molecule has 3 N–H and O–H groups in total. The van der Waals surface area contributed by atoms with Gasteiger partial charge in [-0.15, -0.1) is 24.0 Å². The van der Waals surface area contributed by atoms with Crippen LogP contribution in [0.4, 0.5) is 5.69 Å². The van der Waals surface area contributed by atoms with Crippen LogP contribution in [0.3, 0.4) is 0 Å². The molecule has 1 fully saturated rings. The highest BCUT2D eigenvalue weighted by atomic mass is 127. The maximum absolute atomic E-state index is 11.5. The van der Waals surface area contributed by atoms with Crippen molar-refractivity contribution in [3.05, 3.63) is 59.2 Å². The molecule has 0 aromatic heterocycles. The second kappa shape index (κ2) is 13.5. The minimum Gasteiger partial charge on any atom is -0.492 e. The van der Waals surface area contributed by atoms with Crippen molar-refractivity contribution in [2.75, 3.05) is 38.1 Å². The van der Waals surface area contributed by atoms with Gasteiger partial charge in [-0.1, -0.05) is 24.3 Å². The molecule has 0 bridgehead atoms. The quantitative estimate of drug-likeness (QED) is 0.182. The number of aryl methyl sites for hydroxylation is 1. The molecule has 1 saturated heterocycles. The lowest BCUT2D eigenvalue weighted by Gasteiger charge is -2.18. The zero-order chi connectivity index (χ0) is 22.9. The first-order valence-corrected chi connectivity index (χ1v) is 12.1. The number of nitrogens with zero attached hydrogens (tertiary/aromatic N) is 2. The number of halogens is 1. The van der Waals surface area contributed by atoms with Crippen molar-refractivity contribution in [1.82, 2.24) is 15.5 Å². The third-order valence-electron chi connectivity index (χ3n) is 6.03. The van der Waals surface area contributed by atoms with Gasteiger partial charge in [-0.25, -0.2) is 4.99 Å². The molecule has 1 amide bonds. The summed E-state index contributed by atoms with van der Waals surface area (Å²) in [5.74, 6) is 1.69. The number of guanidine groups is 1. The minimum atomic E-state index is 0. The maximum atomic E-state index is 11.5. The van der Waals surface area contributed by atoms with Gasteiger partial charge < -0.3 is 20.7 Å². The fourth-order valence-electron chi connectivity index (χ4n) is 4.25. The highest BCUT2D eigenvalue weighted by Crippen LogP contribution is 2.26. The van der Waals surface area contributed by atoms with Gasteiger partial charge >= 0.3 is 0 Å². The lowest BCUT2D eigenvalue weighted by Crippen LogP contribution is -2.39. The van der Waals surface area contributed by atoms with Crippen LogP contribution in [0.5, 0.6) is 5.75 Å². The first kappa shape index (κ1) is 26.3. The fraction of sp³-hybridized carbons (Fsp3) is 0.462. The molecule has 2 aromatic rings. The number of carbonyl (C=O) groups excluding carboxylic acids is 1. The minimum absolute atomic E-state index is 0. The van der Waals surface area contributed by atoms with E-state index in [1.54, 1.807) is 0 Å². The third kappa shape index (κ3) is 7.87. The maximum Gasteiger partial charge on any atom is 0.224 e. The molecule has 0 radical (unpaired) electrons. The van der Waals surface area contributed by atoms with E-state index in [0.29, 0.717) is 26.1 Å². The van der Waals surface area contributed by atoms with E-state index in [-0.39, 0.29) is 29.9 Å². The number of aliphatic imine (C=N–C) groups is 1. The molecule has 0 atom stereocenters. The van der Waals surface area contributed by atoms with Crippen molar-refractivity contribution in [1.29, 1.82) is 0 Å². The fourth-order valence-corrected chi connectivity index (χ4v) is 4.25. The van der Waals surface area contributed by atoms with Gasteiger partial charge in [-0.2, -0.15) is 0 Å². The number of anilines is 1. The topological polar surface area (TPSA) is 78.0 Å². The molecule has 0 spiro atoms. The van der Waals surface area contributed by atoms with Crippen molar-refractivity contribution in [3.8, 4) is 5.75 Å². The van der Waals surface area contributed by atoms with Gasteiger partial charge in [0.2, 0.25) is 5.91 Å². The van der Waals surface area contributed by atoms with Gasteiger partial charge in [0.1, 0.15) is 12.4 Å². The number of amides is 1. The smallest absolute Gasteiger partial charge is 0.224 e. The molecule has 0 saturated carbocycles. The average molecular weight is 578 g/mol. The number of fused-ring (bicyclic) bond motifs is 1. The molecule has 4 rings (SSSR count). The Hall–Kier alpha value is -2.33. The average Bonchev–Trinajstić information content (AvgIpc) is 3.34. The lowest BCUT2D eigenvalue weighted by molar-refractivity contribution is -0.116. The van der Waals surface area contributed by atoms with E-state index in [0.717, 1.165) is 42.5 Å². The zero-order valence-corrected chi connectivity index (χ0v) is 22.3. The highest BCUT2D eigenvalue weighted by Gasteiger charge is 2.15. The van der Waals surface area contributed by atoms with Crippen LogP contribution in [0.25, 0.3) is 0 Å². The van der Waals surface area contributed by atoms with Gasteiger partial charge in [0, 0.05) is 25.2 Å². The van der Waals surface area contributed by atoms with Crippen LogP contribution in [-0.2, 0) is 24.3 Å².